The van der Waals surface area contributed by atoms with E-state index < -0.39 is 0 Å². The number of aromatic nitrogens is 3. The van der Waals surface area contributed by atoms with E-state index in [0.29, 0.717) is 5.92 Å². The molecule has 0 radical (unpaired) electrons. The van der Waals surface area contributed by atoms with Gasteiger partial charge in [0.15, 0.2) is 0 Å². The third kappa shape index (κ3) is 3.33. The lowest BCUT2D eigenvalue weighted by Gasteiger charge is -2.17. The van der Waals surface area contributed by atoms with Crippen molar-refractivity contribution in [3.8, 4) is 0 Å². The SMILES string of the molecule is C=CCC(N=CC(=CN)c1ncnc2[nH]ccc12)C1CCCC1. The molecule has 1 fully saturated rings. The van der Waals surface area contributed by atoms with Gasteiger partial charge in [-0.05, 0) is 31.2 Å². The molecule has 120 valence electrons. The molecular formula is C18H23N5. The molecule has 3 N–H and O–H groups in total. The second-order valence-corrected chi connectivity index (χ2v) is 6.00. The highest BCUT2D eigenvalue weighted by Crippen LogP contribution is 2.31. The number of H-pyrrole nitrogens is 1. The predicted molar refractivity (Wildman–Crippen MR) is 95.1 cm³/mol. The normalized spacial score (nSPS) is 18.0. The Kier molecular flexibility index (Phi) is 4.86. The molecule has 0 spiro atoms. The number of hydrogen-bond donors (Lipinski definition) is 2. The molecule has 1 unspecified atom stereocenters. The van der Waals surface area contributed by atoms with Crippen LogP contribution in [0.4, 0.5) is 0 Å². The second kappa shape index (κ2) is 7.22. The largest absolute Gasteiger partial charge is 0.404 e. The van der Waals surface area contributed by atoms with Crippen molar-refractivity contribution in [3.63, 3.8) is 0 Å². The Balaban J connectivity index is 1.86. The van der Waals surface area contributed by atoms with Crippen LogP contribution in [-0.2, 0) is 0 Å². The van der Waals surface area contributed by atoms with E-state index >= 15 is 0 Å². The third-order valence-electron chi connectivity index (χ3n) is 4.56. The third-order valence-corrected chi connectivity index (χ3v) is 4.56. The first kappa shape index (κ1) is 15.5. The lowest BCUT2D eigenvalue weighted by Crippen LogP contribution is -2.15. The molecule has 5 heteroatoms. The van der Waals surface area contributed by atoms with Crippen LogP contribution in [0.1, 0.15) is 37.8 Å². The van der Waals surface area contributed by atoms with Gasteiger partial charge in [0.25, 0.3) is 0 Å². The number of fused-ring (bicyclic) bond motifs is 1. The molecule has 2 heterocycles. The van der Waals surface area contributed by atoms with Crippen molar-refractivity contribution in [2.45, 2.75) is 38.1 Å². The number of nitrogens with two attached hydrogens (primary N) is 1. The van der Waals surface area contributed by atoms with Crippen molar-refractivity contribution in [2.75, 3.05) is 0 Å². The number of allylic oxidation sites excluding steroid dienone is 1. The van der Waals surface area contributed by atoms with Crippen LogP contribution >= 0.6 is 0 Å². The van der Waals surface area contributed by atoms with Gasteiger partial charge in [-0.15, -0.1) is 6.58 Å². The molecule has 5 nitrogen and oxygen atoms in total. The fourth-order valence-electron chi connectivity index (χ4n) is 3.35. The lowest BCUT2D eigenvalue weighted by molar-refractivity contribution is 0.438. The van der Waals surface area contributed by atoms with E-state index in [9.17, 15) is 0 Å². The molecule has 2 aromatic heterocycles. The number of aromatic amines is 1. The Bertz CT molecular complexity index is 722. The molecule has 2 aromatic rings. The van der Waals surface area contributed by atoms with Crippen LogP contribution in [0.5, 0.6) is 0 Å². The molecule has 0 saturated heterocycles. The van der Waals surface area contributed by atoms with Gasteiger partial charge < -0.3 is 10.7 Å². The van der Waals surface area contributed by atoms with E-state index in [-0.39, 0.29) is 6.04 Å². The predicted octanol–water partition coefficient (Wildman–Crippen LogP) is 3.46. The van der Waals surface area contributed by atoms with Crippen LogP contribution in [0, 0.1) is 5.92 Å². The average molecular weight is 309 g/mol. The molecule has 1 aliphatic rings. The maximum Gasteiger partial charge on any atom is 0.141 e. The van der Waals surface area contributed by atoms with Crippen LogP contribution in [0.2, 0.25) is 0 Å². The summed E-state index contributed by atoms with van der Waals surface area (Å²) in [4.78, 5) is 16.5. The zero-order chi connectivity index (χ0) is 16.1. The summed E-state index contributed by atoms with van der Waals surface area (Å²) in [6.07, 6.45) is 14.8. The molecule has 23 heavy (non-hydrogen) atoms. The molecular weight excluding hydrogens is 286 g/mol. The van der Waals surface area contributed by atoms with Gasteiger partial charge in [-0.25, -0.2) is 9.97 Å². The van der Waals surface area contributed by atoms with Crippen LogP contribution < -0.4 is 5.73 Å². The molecule has 0 aliphatic heterocycles. The first-order valence-electron chi connectivity index (χ1n) is 8.18. The van der Waals surface area contributed by atoms with Gasteiger partial charge >= 0.3 is 0 Å². The summed E-state index contributed by atoms with van der Waals surface area (Å²) in [5, 5.41) is 0.955. The van der Waals surface area contributed by atoms with Crippen LogP contribution in [0.3, 0.4) is 0 Å². The minimum Gasteiger partial charge on any atom is -0.404 e. The quantitative estimate of drug-likeness (QED) is 0.633. The number of aliphatic imine (C=N–C) groups is 1. The van der Waals surface area contributed by atoms with Gasteiger partial charge in [-0.2, -0.15) is 0 Å². The maximum atomic E-state index is 5.83. The summed E-state index contributed by atoms with van der Waals surface area (Å²) < 4.78 is 0. The summed E-state index contributed by atoms with van der Waals surface area (Å²) in [6.45, 7) is 3.87. The first-order valence-corrected chi connectivity index (χ1v) is 8.18. The molecule has 1 saturated carbocycles. The van der Waals surface area contributed by atoms with Crippen molar-refractivity contribution in [1.82, 2.24) is 15.0 Å². The van der Waals surface area contributed by atoms with Gasteiger partial charge in [-0.1, -0.05) is 18.9 Å². The first-order chi connectivity index (χ1) is 11.3. The van der Waals surface area contributed by atoms with E-state index in [1.54, 1.807) is 12.5 Å². The van der Waals surface area contributed by atoms with E-state index in [1.165, 1.54) is 25.7 Å². The van der Waals surface area contributed by atoms with Gasteiger partial charge in [0, 0.05) is 29.6 Å². The zero-order valence-corrected chi connectivity index (χ0v) is 13.3. The molecule has 1 atom stereocenters. The fraction of sp³-hybridized carbons (Fsp3) is 0.389. The number of nitrogens with one attached hydrogen (secondary N) is 1. The van der Waals surface area contributed by atoms with Gasteiger partial charge in [0.2, 0.25) is 0 Å². The Morgan fingerprint density at radius 3 is 3.00 bits per heavy atom. The van der Waals surface area contributed by atoms with Crippen molar-refractivity contribution in [3.05, 3.63) is 43.1 Å². The topological polar surface area (TPSA) is 79.9 Å². The molecule has 0 aromatic carbocycles. The summed E-state index contributed by atoms with van der Waals surface area (Å²) in [6, 6.07) is 2.24. The second-order valence-electron chi connectivity index (χ2n) is 6.00. The zero-order valence-electron chi connectivity index (χ0n) is 13.3. The van der Waals surface area contributed by atoms with Crippen LogP contribution in [0.25, 0.3) is 16.6 Å². The standard InChI is InChI=1S/C18H23N5/c1-2-5-16(13-6-3-4-7-13)21-11-14(10-19)17-15-8-9-20-18(15)23-12-22-17/h2,8-13,16H,1,3-7,19H2,(H,20,22,23). The van der Waals surface area contributed by atoms with E-state index in [4.69, 9.17) is 10.7 Å². The fourth-order valence-corrected chi connectivity index (χ4v) is 3.35. The maximum absolute atomic E-state index is 5.83. The Labute approximate surface area is 136 Å². The van der Waals surface area contributed by atoms with E-state index in [2.05, 4.69) is 21.5 Å². The van der Waals surface area contributed by atoms with Gasteiger partial charge in [0.05, 0.1) is 11.7 Å². The molecule has 3 rings (SSSR count). The Morgan fingerprint density at radius 2 is 2.26 bits per heavy atom. The highest BCUT2D eigenvalue weighted by molar-refractivity contribution is 6.13. The van der Waals surface area contributed by atoms with E-state index in [1.807, 2.05) is 24.6 Å². The highest BCUT2D eigenvalue weighted by Gasteiger charge is 2.23. The molecule has 0 bridgehead atoms. The number of rotatable bonds is 6. The lowest BCUT2D eigenvalue weighted by atomic mass is 9.96. The summed E-state index contributed by atoms with van der Waals surface area (Å²) in [7, 11) is 0. The molecule has 0 amide bonds. The van der Waals surface area contributed by atoms with Crippen LogP contribution in [0.15, 0.2) is 42.4 Å². The Morgan fingerprint density at radius 1 is 1.43 bits per heavy atom. The smallest absolute Gasteiger partial charge is 0.141 e. The molecule has 1 aliphatic carbocycles. The van der Waals surface area contributed by atoms with Crippen molar-refractivity contribution in [1.29, 1.82) is 0 Å². The summed E-state index contributed by atoms with van der Waals surface area (Å²) >= 11 is 0. The summed E-state index contributed by atoms with van der Waals surface area (Å²) in [5.41, 5.74) is 8.28. The van der Waals surface area contributed by atoms with Crippen LogP contribution in [-0.4, -0.2) is 27.2 Å². The minimum absolute atomic E-state index is 0.286. The summed E-state index contributed by atoms with van der Waals surface area (Å²) in [5.74, 6) is 0.654. The minimum atomic E-state index is 0.286. The Hall–Kier alpha value is -2.43. The average Bonchev–Trinajstić information content (AvgIpc) is 3.26. The monoisotopic (exact) mass is 309 g/mol. The van der Waals surface area contributed by atoms with Gasteiger partial charge in [-0.3, -0.25) is 4.99 Å². The highest BCUT2D eigenvalue weighted by atomic mass is 14.9. The number of hydrogen-bond acceptors (Lipinski definition) is 4. The van der Waals surface area contributed by atoms with Crippen molar-refractivity contribution >= 4 is 22.8 Å². The van der Waals surface area contributed by atoms with Crippen molar-refractivity contribution in [2.24, 2.45) is 16.6 Å². The van der Waals surface area contributed by atoms with Gasteiger partial charge in [0.1, 0.15) is 12.0 Å². The van der Waals surface area contributed by atoms with Crippen molar-refractivity contribution < 1.29 is 0 Å². The number of nitrogens with zero attached hydrogens (tertiary/aromatic N) is 3. The van der Waals surface area contributed by atoms with E-state index in [0.717, 1.165) is 28.7 Å².